The zero-order valence-electron chi connectivity index (χ0n) is 22.4. The van der Waals surface area contributed by atoms with Gasteiger partial charge in [-0.3, -0.25) is 4.90 Å². The lowest BCUT2D eigenvalue weighted by molar-refractivity contribution is 0.246. The molecule has 0 unspecified atom stereocenters. The van der Waals surface area contributed by atoms with E-state index in [9.17, 15) is 21.6 Å². The third kappa shape index (κ3) is 10.3. The number of carbonyl (C=O) groups is 1. The van der Waals surface area contributed by atoms with Crippen LogP contribution in [0.25, 0.3) is 0 Å². The van der Waals surface area contributed by atoms with Gasteiger partial charge in [-0.05, 0) is 62.4 Å². The number of nitrogens with zero attached hydrogens (tertiary/aromatic N) is 1. The maximum atomic E-state index is 12.7. The minimum Gasteiger partial charge on any atom is -0.337 e. The van der Waals surface area contributed by atoms with E-state index in [0.29, 0.717) is 25.3 Å². The van der Waals surface area contributed by atoms with Crippen molar-refractivity contribution in [3.8, 4) is 0 Å². The maximum Gasteiger partial charge on any atom is 0.319 e. The molecule has 0 atom stereocenters. The first kappa shape index (κ1) is 31.7. The first-order valence-corrected chi connectivity index (χ1v) is 16.4. The molecule has 0 aliphatic heterocycles. The van der Waals surface area contributed by atoms with Crippen molar-refractivity contribution in [1.29, 1.82) is 0 Å². The number of benzene rings is 3. The van der Waals surface area contributed by atoms with Crippen LogP contribution in [0.5, 0.6) is 0 Å². The van der Waals surface area contributed by atoms with Crippen molar-refractivity contribution in [2.45, 2.75) is 23.6 Å². The lowest BCUT2D eigenvalue weighted by Crippen LogP contribution is -2.43. The van der Waals surface area contributed by atoms with Gasteiger partial charge < -0.3 is 10.6 Å². The van der Waals surface area contributed by atoms with Gasteiger partial charge in [0.05, 0.1) is 9.79 Å². The summed E-state index contributed by atoms with van der Waals surface area (Å²) >= 11 is 3.35. The summed E-state index contributed by atoms with van der Waals surface area (Å²) in [5.41, 5.74) is 2.54. The molecule has 3 aromatic rings. The van der Waals surface area contributed by atoms with Crippen LogP contribution in [0.4, 0.5) is 10.5 Å². The maximum absolute atomic E-state index is 12.7. The molecular weight excluding hydrogens is 618 g/mol. The summed E-state index contributed by atoms with van der Waals surface area (Å²) < 4.78 is 56.7. The molecule has 0 spiro atoms. The number of sulfonamides is 2. The number of hydrogen-bond donors (Lipinski definition) is 4. The Morgan fingerprint density at radius 3 is 1.55 bits per heavy atom. The lowest BCUT2D eigenvalue weighted by atomic mass is 10.2. The van der Waals surface area contributed by atoms with Crippen molar-refractivity contribution >= 4 is 47.7 Å². The molecule has 10 nitrogen and oxygen atoms in total. The molecule has 0 aliphatic carbocycles. The third-order valence-corrected chi connectivity index (χ3v) is 9.40. The molecule has 0 aromatic heterocycles. The number of hydrogen-bond acceptors (Lipinski definition) is 6. The molecule has 4 N–H and O–H groups in total. The minimum atomic E-state index is -3.70. The van der Waals surface area contributed by atoms with E-state index in [1.807, 2.05) is 30.9 Å². The molecule has 0 fully saturated rings. The van der Waals surface area contributed by atoms with Crippen LogP contribution >= 0.6 is 15.9 Å². The third-order valence-electron chi connectivity index (χ3n) is 5.92. The van der Waals surface area contributed by atoms with E-state index in [-0.39, 0.29) is 35.5 Å². The molecule has 2 amide bonds. The fraction of sp³-hybridized carbons (Fsp3) is 0.296. The van der Waals surface area contributed by atoms with Crippen LogP contribution in [0, 0.1) is 13.8 Å². The van der Waals surface area contributed by atoms with Crippen LogP contribution < -0.4 is 20.1 Å². The monoisotopic (exact) mass is 651 g/mol. The Kier molecular flexibility index (Phi) is 11.7. The summed E-state index contributed by atoms with van der Waals surface area (Å²) in [6, 6.07) is 19.9. The number of urea groups is 1. The van der Waals surface area contributed by atoms with Gasteiger partial charge in [-0.2, -0.15) is 0 Å². The largest absolute Gasteiger partial charge is 0.337 e. The van der Waals surface area contributed by atoms with E-state index < -0.39 is 20.0 Å². The molecule has 0 saturated carbocycles. The van der Waals surface area contributed by atoms with Gasteiger partial charge in [0.1, 0.15) is 0 Å². The second-order valence-electron chi connectivity index (χ2n) is 9.15. The quantitative estimate of drug-likeness (QED) is 0.211. The van der Waals surface area contributed by atoms with Crippen LogP contribution in [0.15, 0.2) is 87.1 Å². The van der Waals surface area contributed by atoms with Crippen LogP contribution in [0.3, 0.4) is 0 Å². The Balaban J connectivity index is 1.55. The molecule has 0 heterocycles. The lowest BCUT2D eigenvalue weighted by Gasteiger charge is -2.23. The normalized spacial score (nSPS) is 11.9. The molecule has 0 radical (unpaired) electrons. The van der Waals surface area contributed by atoms with Crippen molar-refractivity contribution in [3.05, 3.63) is 88.4 Å². The molecule has 0 aliphatic rings. The Morgan fingerprint density at radius 2 is 1.10 bits per heavy atom. The van der Waals surface area contributed by atoms with Gasteiger partial charge in [0.2, 0.25) is 20.0 Å². The molecular formula is C27H34BrN5O5S2. The van der Waals surface area contributed by atoms with Crippen LogP contribution in [0.1, 0.15) is 11.1 Å². The highest BCUT2D eigenvalue weighted by Gasteiger charge is 2.16. The van der Waals surface area contributed by atoms with Gasteiger partial charge in [0.25, 0.3) is 0 Å². The van der Waals surface area contributed by atoms with E-state index >= 15 is 0 Å². The van der Waals surface area contributed by atoms with E-state index in [2.05, 4.69) is 36.0 Å². The number of carbonyl (C=O) groups excluding carboxylic acids is 1. The average molecular weight is 653 g/mol. The topological polar surface area (TPSA) is 137 Å². The molecule has 3 aromatic carbocycles. The van der Waals surface area contributed by atoms with Crippen LogP contribution in [-0.2, 0) is 20.0 Å². The molecule has 3 rings (SSSR count). The van der Waals surface area contributed by atoms with E-state index in [1.54, 1.807) is 60.7 Å². The van der Waals surface area contributed by atoms with Gasteiger partial charge in [-0.25, -0.2) is 31.1 Å². The Morgan fingerprint density at radius 1 is 0.675 bits per heavy atom. The van der Waals surface area contributed by atoms with Gasteiger partial charge in [-0.1, -0.05) is 51.3 Å². The number of aryl methyl sites for hydroxylation is 2. The highest BCUT2D eigenvalue weighted by atomic mass is 79.9. The zero-order chi connectivity index (χ0) is 29.2. The molecule has 40 heavy (non-hydrogen) atoms. The number of anilines is 1. The summed E-state index contributed by atoms with van der Waals surface area (Å²) in [7, 11) is -7.40. The van der Waals surface area contributed by atoms with Crippen molar-refractivity contribution in [2.24, 2.45) is 0 Å². The Hall–Kier alpha value is -2.81. The van der Waals surface area contributed by atoms with E-state index in [1.165, 1.54) is 0 Å². The zero-order valence-corrected chi connectivity index (χ0v) is 25.6. The van der Waals surface area contributed by atoms with Gasteiger partial charge >= 0.3 is 6.03 Å². The first-order valence-electron chi connectivity index (χ1n) is 12.6. The molecule has 0 bridgehead atoms. The summed E-state index contributed by atoms with van der Waals surface area (Å²) in [5, 5.41) is 5.51. The smallest absolute Gasteiger partial charge is 0.319 e. The number of nitrogens with one attached hydrogen (secondary N) is 4. The average Bonchev–Trinajstić information content (AvgIpc) is 2.90. The Labute approximate surface area is 244 Å². The molecule has 0 saturated heterocycles. The fourth-order valence-electron chi connectivity index (χ4n) is 3.65. The summed E-state index contributed by atoms with van der Waals surface area (Å²) in [6.45, 7) is 5.19. The highest BCUT2D eigenvalue weighted by Crippen LogP contribution is 2.14. The first-order chi connectivity index (χ1) is 18.9. The SMILES string of the molecule is Cc1ccc(S(=O)(=O)NCCN(CCNC(=O)Nc2ccc(Br)cc2)CCNS(=O)(=O)c2ccc(C)cc2)cc1. The number of rotatable bonds is 14. The Bertz CT molecular complexity index is 1380. The molecule has 216 valence electrons. The highest BCUT2D eigenvalue weighted by molar-refractivity contribution is 9.10. The van der Waals surface area contributed by atoms with Crippen molar-refractivity contribution in [2.75, 3.05) is 44.6 Å². The van der Waals surface area contributed by atoms with Crippen LogP contribution in [-0.4, -0.2) is 67.0 Å². The second kappa shape index (κ2) is 14.7. The van der Waals surface area contributed by atoms with Gasteiger partial charge in [0.15, 0.2) is 0 Å². The van der Waals surface area contributed by atoms with Gasteiger partial charge in [0, 0.05) is 49.4 Å². The van der Waals surface area contributed by atoms with Crippen molar-refractivity contribution in [3.63, 3.8) is 0 Å². The van der Waals surface area contributed by atoms with E-state index in [0.717, 1.165) is 15.6 Å². The summed E-state index contributed by atoms with van der Waals surface area (Å²) in [4.78, 5) is 14.5. The summed E-state index contributed by atoms with van der Waals surface area (Å²) in [5.74, 6) is 0. The van der Waals surface area contributed by atoms with Crippen molar-refractivity contribution in [1.82, 2.24) is 19.7 Å². The molecule has 13 heteroatoms. The summed E-state index contributed by atoms with van der Waals surface area (Å²) in [6.07, 6.45) is 0. The number of amides is 2. The van der Waals surface area contributed by atoms with Crippen molar-refractivity contribution < 1.29 is 21.6 Å². The minimum absolute atomic E-state index is 0.103. The predicted octanol–water partition coefficient (Wildman–Crippen LogP) is 3.45. The van der Waals surface area contributed by atoms with Crippen LogP contribution in [0.2, 0.25) is 0 Å². The van der Waals surface area contributed by atoms with E-state index in [4.69, 9.17) is 0 Å². The van der Waals surface area contributed by atoms with Gasteiger partial charge in [-0.15, -0.1) is 0 Å². The predicted molar refractivity (Wildman–Crippen MR) is 160 cm³/mol. The fourth-order valence-corrected chi connectivity index (χ4v) is 5.96. The standard InChI is InChI=1S/C27H34BrN5O5S2/c1-21-3-11-25(12-4-21)39(35,36)30-16-19-33(18-15-29-27(34)32-24-9-7-23(28)8-10-24)20-17-31-40(37,38)26-13-5-22(2)6-14-26/h3-14,30-31H,15-20H2,1-2H3,(H2,29,32,34). The number of halogens is 1. The second-order valence-corrected chi connectivity index (χ2v) is 13.6.